The van der Waals surface area contributed by atoms with Crippen LogP contribution in [0, 0.1) is 5.82 Å². The number of aliphatic carboxylic acids is 1. The van der Waals surface area contributed by atoms with E-state index < -0.39 is 5.97 Å². The molecule has 2 heterocycles. The third-order valence-electron chi connectivity index (χ3n) is 5.17. The average Bonchev–Trinajstić information content (AvgIpc) is 2.94. The summed E-state index contributed by atoms with van der Waals surface area (Å²) >= 11 is 5.86. The third kappa shape index (κ3) is 3.23. The van der Waals surface area contributed by atoms with Crippen molar-refractivity contribution in [2.75, 3.05) is 11.9 Å². The van der Waals surface area contributed by atoms with Gasteiger partial charge in [-0.3, -0.25) is 4.79 Å². The number of halogens is 2. The molecule has 0 fully saturated rings. The number of fused-ring (bicyclic) bond motifs is 3. The number of benzene rings is 1. The topological polar surface area (TPSA) is 71.2 Å². The number of nitrogens with zero attached hydrogens (tertiary/aromatic N) is 4. The van der Waals surface area contributed by atoms with E-state index in [-0.39, 0.29) is 18.4 Å². The second-order valence-corrected chi connectivity index (χ2v) is 7.21. The molecule has 140 valence electrons. The van der Waals surface area contributed by atoms with Crippen LogP contribution in [0.3, 0.4) is 0 Å². The molecule has 8 heteroatoms. The Balaban J connectivity index is 1.73. The molecule has 1 N–H and O–H groups in total. The predicted octanol–water partition coefficient (Wildman–Crippen LogP) is 3.30. The van der Waals surface area contributed by atoms with Crippen LogP contribution in [0.5, 0.6) is 0 Å². The van der Waals surface area contributed by atoms with Gasteiger partial charge in [-0.1, -0.05) is 11.6 Å². The Labute approximate surface area is 160 Å². The number of aromatic nitrogens is 3. The first-order valence-electron chi connectivity index (χ1n) is 8.65. The molecule has 0 aliphatic heterocycles. The number of hydrogen-bond donors (Lipinski definition) is 1. The molecule has 1 aliphatic rings. The summed E-state index contributed by atoms with van der Waals surface area (Å²) in [5.41, 5.74) is 2.73. The summed E-state index contributed by atoms with van der Waals surface area (Å²) in [6.07, 6.45) is 5.32. The van der Waals surface area contributed by atoms with E-state index in [2.05, 4.69) is 9.97 Å². The van der Waals surface area contributed by atoms with Crippen LogP contribution in [0.2, 0.25) is 5.02 Å². The van der Waals surface area contributed by atoms with Gasteiger partial charge < -0.3 is 14.6 Å². The molecular formula is C19H18ClFN4O2. The summed E-state index contributed by atoms with van der Waals surface area (Å²) in [7, 11) is 1.93. The zero-order chi connectivity index (χ0) is 19.1. The minimum Gasteiger partial charge on any atom is -0.480 e. The van der Waals surface area contributed by atoms with Crippen LogP contribution in [0.4, 0.5) is 10.3 Å². The highest BCUT2D eigenvalue weighted by Crippen LogP contribution is 2.34. The molecule has 4 rings (SSSR count). The lowest BCUT2D eigenvalue weighted by Crippen LogP contribution is -2.37. The molecule has 0 radical (unpaired) electrons. The minimum atomic E-state index is -0.909. The van der Waals surface area contributed by atoms with Crippen LogP contribution in [-0.4, -0.2) is 38.7 Å². The van der Waals surface area contributed by atoms with Crippen molar-refractivity contribution in [2.24, 2.45) is 0 Å². The van der Waals surface area contributed by atoms with Crippen LogP contribution in [-0.2, 0) is 24.2 Å². The number of rotatable bonds is 4. The Bertz CT molecular complexity index is 1020. The predicted molar refractivity (Wildman–Crippen MR) is 101 cm³/mol. The molecule has 0 saturated heterocycles. The number of hydrogen-bond acceptors (Lipinski definition) is 4. The maximum atomic E-state index is 13.9. The first-order chi connectivity index (χ1) is 12.9. The number of anilines is 1. The average molecular weight is 389 g/mol. The van der Waals surface area contributed by atoms with E-state index in [4.69, 9.17) is 11.6 Å². The molecule has 1 aromatic carbocycles. The van der Waals surface area contributed by atoms with Crippen molar-refractivity contribution >= 4 is 34.4 Å². The second-order valence-electron chi connectivity index (χ2n) is 6.78. The monoisotopic (exact) mass is 388 g/mol. The molecule has 2 aromatic heterocycles. The number of carbonyl (C=O) groups is 1. The maximum absolute atomic E-state index is 13.9. The van der Waals surface area contributed by atoms with Crippen molar-refractivity contribution in [3.63, 3.8) is 0 Å². The summed E-state index contributed by atoms with van der Waals surface area (Å²) < 4.78 is 15.7. The van der Waals surface area contributed by atoms with Crippen LogP contribution < -0.4 is 4.90 Å². The van der Waals surface area contributed by atoms with E-state index in [0.717, 1.165) is 28.6 Å². The van der Waals surface area contributed by atoms with Gasteiger partial charge in [0.25, 0.3) is 0 Å². The van der Waals surface area contributed by atoms with E-state index in [1.165, 1.54) is 12.1 Å². The fraction of sp³-hybridized carbons (Fsp3) is 0.316. The number of carboxylic acids is 1. The van der Waals surface area contributed by atoms with Crippen molar-refractivity contribution in [1.82, 2.24) is 14.5 Å². The van der Waals surface area contributed by atoms with Gasteiger partial charge in [0, 0.05) is 29.7 Å². The molecule has 3 aromatic rings. The van der Waals surface area contributed by atoms with Gasteiger partial charge in [0.1, 0.15) is 12.4 Å². The highest BCUT2D eigenvalue weighted by atomic mass is 35.5. The van der Waals surface area contributed by atoms with Gasteiger partial charge >= 0.3 is 5.97 Å². The van der Waals surface area contributed by atoms with Gasteiger partial charge in [-0.15, -0.1) is 0 Å². The smallest absolute Gasteiger partial charge is 0.323 e. The summed E-state index contributed by atoms with van der Waals surface area (Å²) in [6, 6.07) is 4.66. The van der Waals surface area contributed by atoms with E-state index in [1.807, 2.05) is 11.9 Å². The van der Waals surface area contributed by atoms with Gasteiger partial charge in [-0.05, 0) is 43.0 Å². The Morgan fingerprint density at radius 2 is 2.15 bits per heavy atom. The van der Waals surface area contributed by atoms with Crippen molar-refractivity contribution in [2.45, 2.75) is 31.8 Å². The zero-order valence-electron chi connectivity index (χ0n) is 14.7. The van der Waals surface area contributed by atoms with Crippen LogP contribution in [0.15, 0.2) is 30.6 Å². The van der Waals surface area contributed by atoms with Crippen molar-refractivity contribution in [1.29, 1.82) is 0 Å². The third-order valence-corrected chi connectivity index (χ3v) is 5.36. The molecule has 0 bridgehead atoms. The van der Waals surface area contributed by atoms with Crippen molar-refractivity contribution in [3.05, 3.63) is 52.7 Å². The number of likely N-dealkylation sites (N-methyl/N-ethyl adjacent to an activating group) is 1. The Morgan fingerprint density at radius 1 is 1.41 bits per heavy atom. The van der Waals surface area contributed by atoms with Gasteiger partial charge in [0.05, 0.1) is 17.4 Å². The molecule has 0 amide bonds. The van der Waals surface area contributed by atoms with Crippen molar-refractivity contribution < 1.29 is 14.3 Å². The molecule has 6 nitrogen and oxygen atoms in total. The van der Waals surface area contributed by atoms with Gasteiger partial charge in [-0.25, -0.2) is 14.4 Å². The maximum Gasteiger partial charge on any atom is 0.323 e. The Morgan fingerprint density at radius 3 is 2.85 bits per heavy atom. The molecule has 0 unspecified atom stereocenters. The quantitative estimate of drug-likeness (QED) is 0.742. The van der Waals surface area contributed by atoms with Gasteiger partial charge in [0.15, 0.2) is 0 Å². The largest absolute Gasteiger partial charge is 0.480 e. The molecule has 1 aliphatic carbocycles. The highest BCUT2D eigenvalue weighted by molar-refractivity contribution is 6.30. The van der Waals surface area contributed by atoms with E-state index in [0.29, 0.717) is 23.8 Å². The molecule has 1 atom stereocenters. The van der Waals surface area contributed by atoms with Crippen LogP contribution >= 0.6 is 11.6 Å². The SMILES string of the molecule is CN(c1ncc(Cl)cn1)[C@H]1CCc2c(c3cc(F)ccc3n2CC(=O)O)C1. The first kappa shape index (κ1) is 17.7. The lowest BCUT2D eigenvalue weighted by molar-refractivity contribution is -0.137. The van der Waals surface area contributed by atoms with Gasteiger partial charge in [-0.2, -0.15) is 0 Å². The minimum absolute atomic E-state index is 0.127. The van der Waals surface area contributed by atoms with E-state index in [1.54, 1.807) is 23.0 Å². The first-order valence-corrected chi connectivity index (χ1v) is 9.03. The Kier molecular flexibility index (Phi) is 4.47. The lowest BCUT2D eigenvalue weighted by Gasteiger charge is -2.32. The van der Waals surface area contributed by atoms with E-state index in [9.17, 15) is 14.3 Å². The molecule has 0 saturated carbocycles. The fourth-order valence-corrected chi connectivity index (χ4v) is 4.00. The lowest BCUT2D eigenvalue weighted by atomic mass is 9.90. The molecule has 0 spiro atoms. The zero-order valence-corrected chi connectivity index (χ0v) is 15.4. The second kappa shape index (κ2) is 6.81. The van der Waals surface area contributed by atoms with E-state index >= 15 is 0 Å². The molecule has 27 heavy (non-hydrogen) atoms. The fourth-order valence-electron chi connectivity index (χ4n) is 3.90. The summed E-state index contributed by atoms with van der Waals surface area (Å²) in [5, 5.41) is 10.5. The Hall–Kier alpha value is -2.67. The normalized spacial score (nSPS) is 16.3. The summed E-state index contributed by atoms with van der Waals surface area (Å²) in [5.74, 6) is -0.657. The number of carboxylic acid groups (broad SMARTS) is 1. The van der Waals surface area contributed by atoms with Crippen molar-refractivity contribution in [3.8, 4) is 0 Å². The highest BCUT2D eigenvalue weighted by Gasteiger charge is 2.29. The molecular weight excluding hydrogens is 371 g/mol. The van der Waals surface area contributed by atoms with Gasteiger partial charge in [0.2, 0.25) is 5.95 Å². The van der Waals surface area contributed by atoms with Crippen LogP contribution in [0.25, 0.3) is 10.9 Å². The summed E-state index contributed by atoms with van der Waals surface area (Å²) in [4.78, 5) is 21.9. The summed E-state index contributed by atoms with van der Waals surface area (Å²) in [6.45, 7) is -0.127. The van der Waals surface area contributed by atoms with Crippen LogP contribution in [0.1, 0.15) is 17.7 Å². The standard InChI is InChI=1S/C19H18ClFN4O2/c1-24(19-22-8-11(20)9-23-19)13-3-5-17-15(7-13)14-6-12(21)2-4-16(14)25(17)10-18(26)27/h2,4,6,8-9,13H,3,5,7,10H2,1H3,(H,26,27)/t13-/m0/s1.